The van der Waals surface area contributed by atoms with Gasteiger partial charge in [-0.25, -0.2) is 4.98 Å². The van der Waals surface area contributed by atoms with Gasteiger partial charge in [-0.1, -0.05) is 18.3 Å². The molecular weight excluding hydrogens is 256 g/mol. The standard InChI is InChI=1S/C14H10N4S/c19-13-9-12(11-3-1-2-6-16-11)17-14(18-13)10-4-7-15-8-5-10/h1-9H,(H,17,18,19). The Hall–Kier alpha value is -2.40. The molecule has 4 nitrogen and oxygen atoms in total. The van der Waals surface area contributed by atoms with Gasteiger partial charge in [0.25, 0.3) is 0 Å². The van der Waals surface area contributed by atoms with Gasteiger partial charge >= 0.3 is 0 Å². The molecular formula is C14H10N4S. The molecule has 0 aliphatic carbocycles. The molecule has 0 unspecified atom stereocenters. The summed E-state index contributed by atoms with van der Waals surface area (Å²) >= 11 is 5.21. The van der Waals surface area contributed by atoms with Crippen molar-refractivity contribution in [3.63, 3.8) is 0 Å². The third-order valence-corrected chi connectivity index (χ3v) is 2.85. The van der Waals surface area contributed by atoms with Crippen molar-refractivity contribution in [2.45, 2.75) is 0 Å². The highest BCUT2D eigenvalue weighted by molar-refractivity contribution is 7.71. The average molecular weight is 266 g/mol. The van der Waals surface area contributed by atoms with Crippen molar-refractivity contribution < 1.29 is 0 Å². The van der Waals surface area contributed by atoms with Gasteiger partial charge in [-0.2, -0.15) is 0 Å². The zero-order valence-electron chi connectivity index (χ0n) is 9.95. The number of hydrogen-bond acceptors (Lipinski definition) is 4. The first-order chi connectivity index (χ1) is 9.33. The summed E-state index contributed by atoms with van der Waals surface area (Å²) in [5.41, 5.74) is 2.64. The monoisotopic (exact) mass is 266 g/mol. The smallest absolute Gasteiger partial charge is 0.139 e. The van der Waals surface area contributed by atoms with Gasteiger partial charge in [0.2, 0.25) is 0 Å². The summed E-state index contributed by atoms with van der Waals surface area (Å²) in [5, 5.41) is 0. The fourth-order valence-corrected chi connectivity index (χ4v) is 1.97. The van der Waals surface area contributed by atoms with Crippen LogP contribution in [0.25, 0.3) is 22.8 Å². The summed E-state index contributed by atoms with van der Waals surface area (Å²) in [4.78, 5) is 15.9. The Morgan fingerprint density at radius 1 is 1.00 bits per heavy atom. The zero-order valence-corrected chi connectivity index (χ0v) is 10.8. The lowest BCUT2D eigenvalue weighted by atomic mass is 10.2. The molecule has 0 amide bonds. The fourth-order valence-electron chi connectivity index (χ4n) is 1.76. The summed E-state index contributed by atoms with van der Waals surface area (Å²) in [6.45, 7) is 0. The van der Waals surface area contributed by atoms with Crippen molar-refractivity contribution in [1.29, 1.82) is 0 Å². The van der Waals surface area contributed by atoms with Crippen molar-refractivity contribution in [3.05, 3.63) is 59.6 Å². The van der Waals surface area contributed by atoms with E-state index >= 15 is 0 Å². The lowest BCUT2D eigenvalue weighted by Gasteiger charge is -2.05. The first-order valence-electron chi connectivity index (χ1n) is 5.76. The highest BCUT2D eigenvalue weighted by Crippen LogP contribution is 2.19. The molecule has 0 aliphatic rings. The SMILES string of the molecule is S=c1cc(-c2ccccn2)[nH]c(-c2ccncc2)n1. The molecule has 0 radical (unpaired) electrons. The van der Waals surface area contributed by atoms with Crippen LogP contribution in [0.4, 0.5) is 0 Å². The van der Waals surface area contributed by atoms with Gasteiger partial charge in [-0.05, 0) is 24.3 Å². The van der Waals surface area contributed by atoms with Crippen molar-refractivity contribution in [2.75, 3.05) is 0 Å². The Balaban J connectivity index is 2.15. The summed E-state index contributed by atoms with van der Waals surface area (Å²) in [6, 6.07) is 11.3. The highest BCUT2D eigenvalue weighted by Gasteiger charge is 2.04. The number of nitrogens with zero attached hydrogens (tertiary/aromatic N) is 3. The minimum Gasteiger partial charge on any atom is -0.338 e. The summed E-state index contributed by atoms with van der Waals surface area (Å²) in [5.74, 6) is 0.718. The van der Waals surface area contributed by atoms with E-state index in [4.69, 9.17) is 12.2 Å². The summed E-state index contributed by atoms with van der Waals surface area (Å²) < 4.78 is 0.534. The molecule has 1 N–H and O–H groups in total. The molecule has 0 fully saturated rings. The molecule has 0 spiro atoms. The maximum absolute atomic E-state index is 5.21. The van der Waals surface area contributed by atoms with E-state index in [1.165, 1.54) is 0 Å². The number of H-pyrrole nitrogens is 1. The van der Waals surface area contributed by atoms with E-state index in [2.05, 4.69) is 19.9 Å². The van der Waals surface area contributed by atoms with Crippen molar-refractivity contribution in [3.8, 4) is 22.8 Å². The molecule has 5 heteroatoms. The molecule has 0 saturated heterocycles. The molecule has 0 atom stereocenters. The predicted octanol–water partition coefficient (Wildman–Crippen LogP) is 3.26. The maximum atomic E-state index is 5.21. The lowest BCUT2D eigenvalue weighted by molar-refractivity contribution is 1.14. The average Bonchev–Trinajstić information content (AvgIpc) is 2.48. The van der Waals surface area contributed by atoms with Gasteiger partial charge in [0.05, 0.1) is 11.4 Å². The van der Waals surface area contributed by atoms with Crippen LogP contribution in [0.1, 0.15) is 0 Å². The number of aromatic nitrogens is 4. The van der Waals surface area contributed by atoms with E-state index in [1.54, 1.807) is 18.6 Å². The van der Waals surface area contributed by atoms with E-state index in [0.717, 1.165) is 22.8 Å². The Morgan fingerprint density at radius 3 is 2.58 bits per heavy atom. The zero-order chi connectivity index (χ0) is 13.1. The number of nitrogens with one attached hydrogen (secondary N) is 1. The largest absolute Gasteiger partial charge is 0.338 e. The van der Waals surface area contributed by atoms with Crippen LogP contribution >= 0.6 is 12.2 Å². The van der Waals surface area contributed by atoms with Gasteiger partial charge in [0.15, 0.2) is 0 Å². The molecule has 0 aromatic carbocycles. The van der Waals surface area contributed by atoms with Crippen LogP contribution in [-0.2, 0) is 0 Å². The van der Waals surface area contributed by atoms with Crippen molar-refractivity contribution in [1.82, 2.24) is 19.9 Å². The molecule has 3 aromatic heterocycles. The van der Waals surface area contributed by atoms with Crippen LogP contribution in [-0.4, -0.2) is 19.9 Å². The number of pyridine rings is 2. The van der Waals surface area contributed by atoms with Crippen LogP contribution in [0.2, 0.25) is 0 Å². The molecule has 19 heavy (non-hydrogen) atoms. The Kier molecular flexibility index (Phi) is 3.12. The second kappa shape index (κ2) is 5.07. The molecule has 0 saturated carbocycles. The van der Waals surface area contributed by atoms with E-state index in [0.29, 0.717) is 4.64 Å². The van der Waals surface area contributed by atoms with Crippen LogP contribution in [0.5, 0.6) is 0 Å². The maximum Gasteiger partial charge on any atom is 0.139 e. The van der Waals surface area contributed by atoms with Crippen LogP contribution in [0.15, 0.2) is 55.0 Å². The number of rotatable bonds is 2. The summed E-state index contributed by atoms with van der Waals surface area (Å²) in [6.07, 6.45) is 5.20. The van der Waals surface area contributed by atoms with Crippen LogP contribution in [0.3, 0.4) is 0 Å². The molecule has 3 rings (SSSR count). The first kappa shape index (κ1) is 11.7. The van der Waals surface area contributed by atoms with Gasteiger partial charge in [-0.15, -0.1) is 0 Å². The van der Waals surface area contributed by atoms with Crippen LogP contribution < -0.4 is 0 Å². The Labute approximate surface area is 115 Å². The topological polar surface area (TPSA) is 54.5 Å². The number of aromatic amines is 1. The molecule has 0 bridgehead atoms. The third-order valence-electron chi connectivity index (χ3n) is 2.64. The van der Waals surface area contributed by atoms with E-state index in [-0.39, 0.29) is 0 Å². The molecule has 0 aliphatic heterocycles. The first-order valence-corrected chi connectivity index (χ1v) is 6.17. The minimum atomic E-state index is 0.534. The predicted molar refractivity (Wildman–Crippen MR) is 75.9 cm³/mol. The second-order valence-corrected chi connectivity index (χ2v) is 4.35. The van der Waals surface area contributed by atoms with Crippen LogP contribution in [0, 0.1) is 4.64 Å². The van der Waals surface area contributed by atoms with Gasteiger partial charge in [-0.3, -0.25) is 9.97 Å². The number of hydrogen-bond donors (Lipinski definition) is 1. The highest BCUT2D eigenvalue weighted by atomic mass is 32.1. The van der Waals surface area contributed by atoms with Gasteiger partial charge < -0.3 is 4.98 Å². The Bertz CT molecular complexity index is 677. The minimum absolute atomic E-state index is 0.534. The molecule has 3 heterocycles. The quantitative estimate of drug-likeness (QED) is 0.723. The van der Waals surface area contributed by atoms with Crippen molar-refractivity contribution in [2.24, 2.45) is 0 Å². The molecule has 3 aromatic rings. The Morgan fingerprint density at radius 2 is 1.84 bits per heavy atom. The normalized spacial score (nSPS) is 10.3. The lowest BCUT2D eigenvalue weighted by Crippen LogP contribution is -1.94. The third kappa shape index (κ3) is 2.56. The van der Waals surface area contributed by atoms with E-state index in [1.807, 2.05) is 36.4 Å². The fraction of sp³-hybridized carbons (Fsp3) is 0. The van der Waals surface area contributed by atoms with Gasteiger partial charge in [0.1, 0.15) is 10.5 Å². The van der Waals surface area contributed by atoms with Gasteiger partial charge in [0, 0.05) is 30.2 Å². The second-order valence-electron chi connectivity index (χ2n) is 3.93. The van der Waals surface area contributed by atoms with Crippen molar-refractivity contribution >= 4 is 12.2 Å². The van der Waals surface area contributed by atoms with E-state index < -0.39 is 0 Å². The van der Waals surface area contributed by atoms with E-state index in [9.17, 15) is 0 Å². The molecule has 92 valence electrons. The summed E-state index contributed by atoms with van der Waals surface area (Å²) in [7, 11) is 0.